The molecule has 29 heavy (non-hydrogen) atoms. The lowest BCUT2D eigenvalue weighted by Crippen LogP contribution is -2.21. The first-order valence-corrected chi connectivity index (χ1v) is 9.53. The van der Waals surface area contributed by atoms with E-state index in [0.717, 1.165) is 25.0 Å². The topological polar surface area (TPSA) is 85.7 Å². The summed E-state index contributed by atoms with van der Waals surface area (Å²) in [5.41, 5.74) is 6.97. The minimum Gasteiger partial charge on any atom is -0.391 e. The molecule has 0 radical (unpaired) electrons. The minimum atomic E-state index is -0.519. The van der Waals surface area contributed by atoms with Crippen molar-refractivity contribution in [3.05, 3.63) is 47.7 Å². The highest BCUT2D eigenvalue weighted by molar-refractivity contribution is 5.68. The number of hydrogen-bond donors (Lipinski definition) is 2. The Hall–Kier alpha value is -2.58. The predicted octanol–water partition coefficient (Wildman–Crippen LogP) is 3.71. The number of aliphatic hydroxyl groups is 1. The Morgan fingerprint density at radius 2 is 1.97 bits per heavy atom. The molecule has 3 N–H and O–H groups in total. The largest absolute Gasteiger partial charge is 0.391 e. The minimum absolute atomic E-state index is 0.00364. The van der Waals surface area contributed by atoms with Crippen LogP contribution in [-0.4, -0.2) is 39.0 Å². The smallest absolute Gasteiger partial charge is 0.238 e. The van der Waals surface area contributed by atoms with E-state index >= 15 is 0 Å². The number of halogens is 2. The van der Waals surface area contributed by atoms with E-state index in [1.54, 1.807) is 6.07 Å². The fraction of sp³-hybridized carbons (Fsp3) is 0.429. The van der Waals surface area contributed by atoms with Crippen LogP contribution in [0.25, 0.3) is 16.8 Å². The van der Waals surface area contributed by atoms with Crippen LogP contribution in [0, 0.1) is 11.6 Å². The molecule has 0 saturated carbocycles. The van der Waals surface area contributed by atoms with Gasteiger partial charge in [-0.1, -0.05) is 26.8 Å². The van der Waals surface area contributed by atoms with Gasteiger partial charge in [-0.3, -0.25) is 0 Å². The second kappa shape index (κ2) is 8.42. The van der Waals surface area contributed by atoms with Crippen LogP contribution in [-0.2, 0) is 10.2 Å². The van der Waals surface area contributed by atoms with Gasteiger partial charge in [-0.15, -0.1) is 5.10 Å². The summed E-state index contributed by atoms with van der Waals surface area (Å²) in [5, 5.41) is 12.7. The van der Waals surface area contributed by atoms with E-state index < -0.39 is 11.6 Å². The summed E-state index contributed by atoms with van der Waals surface area (Å²) < 4.78 is 34.7. The van der Waals surface area contributed by atoms with Gasteiger partial charge < -0.3 is 15.6 Å². The summed E-state index contributed by atoms with van der Waals surface area (Å²) >= 11 is 0. The number of nitrogens with two attached hydrogens (primary N) is 1. The standard InChI is InChI=1S/C16H16F2N4.C5H10O2/c1-16(2,3)9-4-5-10(11(17)6-9)13-7-12(18)14-8-20-15(19)21-22(13)14;6-5-2-1-3-7-4-5/h4-8H,1-3H3,(H2,19,21);5-6H,1-4H2. The van der Waals surface area contributed by atoms with Crippen molar-refractivity contribution in [1.29, 1.82) is 0 Å². The van der Waals surface area contributed by atoms with Gasteiger partial charge in [0.05, 0.1) is 24.6 Å². The maximum atomic E-state index is 14.5. The lowest BCUT2D eigenvalue weighted by Gasteiger charge is -2.19. The molecule has 1 aromatic carbocycles. The van der Waals surface area contributed by atoms with E-state index in [4.69, 9.17) is 15.6 Å². The van der Waals surface area contributed by atoms with Gasteiger partial charge in [0.15, 0.2) is 5.82 Å². The molecule has 1 fully saturated rings. The maximum absolute atomic E-state index is 14.5. The predicted molar refractivity (Wildman–Crippen MR) is 108 cm³/mol. The van der Waals surface area contributed by atoms with Gasteiger partial charge in [0, 0.05) is 18.2 Å². The number of benzene rings is 1. The van der Waals surface area contributed by atoms with Crippen molar-refractivity contribution in [1.82, 2.24) is 14.6 Å². The third kappa shape index (κ3) is 4.89. The second-order valence-electron chi connectivity index (χ2n) is 8.11. The molecule has 4 rings (SSSR count). The van der Waals surface area contributed by atoms with Crippen molar-refractivity contribution in [2.24, 2.45) is 0 Å². The van der Waals surface area contributed by atoms with Crippen LogP contribution in [0.2, 0.25) is 0 Å². The molecule has 0 bridgehead atoms. The zero-order valence-corrected chi connectivity index (χ0v) is 16.8. The Kier molecular flexibility index (Phi) is 6.14. The molecule has 3 heterocycles. The Labute approximate surface area is 168 Å². The van der Waals surface area contributed by atoms with Crippen molar-refractivity contribution in [2.45, 2.75) is 45.1 Å². The SMILES string of the molecule is CC(C)(C)c1ccc(-c2cc(F)c3cnc(N)nn23)c(F)c1.OC1CCCOC1. The molecular weight excluding hydrogens is 378 g/mol. The Balaban J connectivity index is 0.000000290. The molecule has 0 amide bonds. The number of hydrogen-bond acceptors (Lipinski definition) is 5. The van der Waals surface area contributed by atoms with E-state index in [2.05, 4.69) is 10.1 Å². The zero-order valence-electron chi connectivity index (χ0n) is 16.8. The van der Waals surface area contributed by atoms with E-state index in [-0.39, 0.29) is 28.5 Å². The van der Waals surface area contributed by atoms with E-state index in [9.17, 15) is 8.78 Å². The molecule has 6 nitrogen and oxygen atoms in total. The van der Waals surface area contributed by atoms with Crippen molar-refractivity contribution in [2.75, 3.05) is 18.9 Å². The number of fused-ring (bicyclic) bond motifs is 1. The molecular formula is C21H26F2N4O2. The van der Waals surface area contributed by atoms with Gasteiger partial charge in [-0.2, -0.15) is 0 Å². The Bertz CT molecular complexity index is 992. The van der Waals surface area contributed by atoms with Gasteiger partial charge in [0.2, 0.25) is 5.95 Å². The van der Waals surface area contributed by atoms with Crippen molar-refractivity contribution < 1.29 is 18.6 Å². The molecule has 1 unspecified atom stereocenters. The van der Waals surface area contributed by atoms with Crippen LogP contribution >= 0.6 is 0 Å². The number of rotatable bonds is 1. The lowest BCUT2D eigenvalue weighted by atomic mass is 9.86. The van der Waals surface area contributed by atoms with Gasteiger partial charge in [0.25, 0.3) is 0 Å². The molecule has 8 heteroatoms. The Morgan fingerprint density at radius 1 is 1.21 bits per heavy atom. The molecule has 1 aliphatic heterocycles. The number of ether oxygens (including phenoxy) is 1. The molecule has 0 aliphatic carbocycles. The molecule has 3 aromatic rings. The fourth-order valence-corrected chi connectivity index (χ4v) is 3.07. The van der Waals surface area contributed by atoms with Crippen LogP contribution < -0.4 is 5.73 Å². The van der Waals surface area contributed by atoms with Crippen LogP contribution in [0.3, 0.4) is 0 Å². The third-order valence-corrected chi connectivity index (χ3v) is 4.73. The summed E-state index contributed by atoms with van der Waals surface area (Å²) in [6.07, 6.45) is 3.03. The van der Waals surface area contributed by atoms with E-state index in [0.29, 0.717) is 12.3 Å². The first kappa shape index (κ1) is 21.1. The molecule has 1 saturated heterocycles. The number of aliphatic hydroxyl groups excluding tert-OH is 1. The normalized spacial score (nSPS) is 17.1. The highest BCUT2D eigenvalue weighted by Crippen LogP contribution is 2.30. The summed E-state index contributed by atoms with van der Waals surface area (Å²) in [6, 6.07) is 6.17. The summed E-state index contributed by atoms with van der Waals surface area (Å²) in [5.74, 6) is -0.950. The maximum Gasteiger partial charge on any atom is 0.238 e. The van der Waals surface area contributed by atoms with Crippen LogP contribution in [0.15, 0.2) is 30.5 Å². The lowest BCUT2D eigenvalue weighted by molar-refractivity contribution is -0.00535. The van der Waals surface area contributed by atoms with Gasteiger partial charge >= 0.3 is 0 Å². The van der Waals surface area contributed by atoms with Crippen molar-refractivity contribution in [3.8, 4) is 11.3 Å². The molecule has 1 atom stereocenters. The van der Waals surface area contributed by atoms with Gasteiger partial charge in [-0.05, 0) is 36.0 Å². The van der Waals surface area contributed by atoms with Crippen molar-refractivity contribution in [3.63, 3.8) is 0 Å². The number of nitrogens with zero attached hydrogens (tertiary/aromatic N) is 3. The average Bonchev–Trinajstić information content (AvgIpc) is 2.98. The van der Waals surface area contributed by atoms with Gasteiger partial charge in [0.1, 0.15) is 11.3 Å². The van der Waals surface area contributed by atoms with Crippen LogP contribution in [0.5, 0.6) is 0 Å². The molecule has 156 valence electrons. The molecule has 2 aromatic heterocycles. The average molecular weight is 404 g/mol. The molecule has 0 spiro atoms. The van der Waals surface area contributed by atoms with E-state index in [1.807, 2.05) is 26.8 Å². The third-order valence-electron chi connectivity index (χ3n) is 4.73. The first-order chi connectivity index (χ1) is 13.7. The monoisotopic (exact) mass is 404 g/mol. The highest BCUT2D eigenvalue weighted by Gasteiger charge is 2.19. The quantitative estimate of drug-likeness (QED) is 0.646. The van der Waals surface area contributed by atoms with Crippen LogP contribution in [0.1, 0.15) is 39.2 Å². The number of anilines is 1. The first-order valence-electron chi connectivity index (χ1n) is 9.53. The molecule has 1 aliphatic rings. The van der Waals surface area contributed by atoms with Crippen molar-refractivity contribution >= 4 is 11.5 Å². The highest BCUT2D eigenvalue weighted by atomic mass is 19.1. The Morgan fingerprint density at radius 3 is 2.52 bits per heavy atom. The number of aromatic nitrogens is 3. The number of nitrogen functional groups attached to an aromatic ring is 1. The summed E-state index contributed by atoms with van der Waals surface area (Å²) in [4.78, 5) is 3.76. The second-order valence-corrected chi connectivity index (χ2v) is 8.11. The van der Waals surface area contributed by atoms with Crippen LogP contribution in [0.4, 0.5) is 14.7 Å². The summed E-state index contributed by atoms with van der Waals surface area (Å²) in [6.45, 7) is 7.38. The fourth-order valence-electron chi connectivity index (χ4n) is 3.07. The van der Waals surface area contributed by atoms with Gasteiger partial charge in [-0.25, -0.2) is 18.3 Å². The zero-order chi connectivity index (χ0) is 21.2. The van der Waals surface area contributed by atoms with E-state index in [1.165, 1.54) is 22.8 Å². The summed E-state index contributed by atoms with van der Waals surface area (Å²) in [7, 11) is 0.